The molecular formula is C40H79N2+. The lowest BCUT2D eigenvalue weighted by Gasteiger charge is -2.14. The minimum atomic E-state index is 0.588. The van der Waals surface area contributed by atoms with Crippen LogP contribution in [-0.4, -0.2) is 4.57 Å². The summed E-state index contributed by atoms with van der Waals surface area (Å²) >= 11 is 0. The first kappa shape index (κ1) is 39.2. The van der Waals surface area contributed by atoms with Crippen molar-refractivity contribution in [2.24, 2.45) is 0 Å². The Morgan fingerprint density at radius 3 is 1.17 bits per heavy atom. The third kappa shape index (κ3) is 21.0. The Morgan fingerprint density at radius 1 is 0.476 bits per heavy atom. The topological polar surface area (TPSA) is 8.81 Å². The highest BCUT2D eigenvalue weighted by atomic mass is 15.2. The van der Waals surface area contributed by atoms with E-state index in [2.05, 4.69) is 56.1 Å². The lowest BCUT2D eigenvalue weighted by molar-refractivity contribution is -0.705. The summed E-state index contributed by atoms with van der Waals surface area (Å²) in [5.41, 5.74) is 0. The summed E-state index contributed by atoms with van der Waals surface area (Å²) in [6.45, 7) is 13.0. The van der Waals surface area contributed by atoms with Crippen LogP contribution < -0.4 is 4.57 Å². The molecule has 42 heavy (non-hydrogen) atoms. The second-order valence-electron chi connectivity index (χ2n) is 14.2. The Balaban J connectivity index is 2.08. The fourth-order valence-electron chi connectivity index (χ4n) is 6.90. The van der Waals surface area contributed by atoms with Crippen LogP contribution in [-0.2, 0) is 6.54 Å². The van der Waals surface area contributed by atoms with Crippen LogP contribution in [0.4, 0.5) is 0 Å². The van der Waals surface area contributed by atoms with Gasteiger partial charge in [0.2, 0.25) is 0 Å². The number of hydrogen-bond acceptors (Lipinski definition) is 0. The van der Waals surface area contributed by atoms with E-state index < -0.39 is 0 Å². The van der Waals surface area contributed by atoms with Crippen molar-refractivity contribution in [2.75, 3.05) is 0 Å². The molecule has 0 N–H and O–H groups in total. The fourth-order valence-corrected chi connectivity index (χ4v) is 6.90. The van der Waals surface area contributed by atoms with Gasteiger partial charge in [0.15, 0.2) is 0 Å². The largest absolute Gasteiger partial charge is 0.259 e. The van der Waals surface area contributed by atoms with Gasteiger partial charge in [-0.25, -0.2) is 9.13 Å². The van der Waals surface area contributed by atoms with Gasteiger partial charge in [-0.2, -0.15) is 0 Å². The van der Waals surface area contributed by atoms with E-state index in [1.807, 2.05) is 0 Å². The number of imidazole rings is 1. The summed E-state index contributed by atoms with van der Waals surface area (Å²) < 4.78 is 5.18. The summed E-state index contributed by atoms with van der Waals surface area (Å²) in [5.74, 6) is 2.13. The van der Waals surface area contributed by atoms with Gasteiger partial charge in [-0.1, -0.05) is 188 Å². The normalized spacial score (nSPS) is 12.5. The number of rotatable bonds is 32. The van der Waals surface area contributed by atoms with Gasteiger partial charge in [-0.05, 0) is 32.6 Å². The average molecular weight is 588 g/mol. The molecule has 0 aliphatic heterocycles. The third-order valence-electron chi connectivity index (χ3n) is 9.69. The molecule has 0 aliphatic carbocycles. The van der Waals surface area contributed by atoms with Crippen molar-refractivity contribution >= 4 is 0 Å². The van der Waals surface area contributed by atoms with Gasteiger partial charge in [0, 0.05) is 0 Å². The summed E-state index contributed by atoms with van der Waals surface area (Å²) in [5, 5.41) is 0. The molecule has 0 aromatic carbocycles. The zero-order chi connectivity index (χ0) is 30.5. The number of unbranched alkanes of at least 4 members (excludes halogenated alkanes) is 26. The quantitative estimate of drug-likeness (QED) is 0.0585. The Kier molecular flexibility index (Phi) is 27.0. The maximum Gasteiger partial charge on any atom is 0.259 e. The highest BCUT2D eigenvalue weighted by Crippen LogP contribution is 2.22. The summed E-state index contributed by atoms with van der Waals surface area (Å²) in [6.07, 6.45) is 46.4. The molecule has 1 unspecified atom stereocenters. The maximum absolute atomic E-state index is 2.61. The summed E-state index contributed by atoms with van der Waals surface area (Å²) in [7, 11) is 0. The molecule has 0 saturated heterocycles. The Bertz CT molecular complexity index is 675. The lowest BCUT2D eigenvalue weighted by atomic mass is 10.0. The zero-order valence-corrected chi connectivity index (χ0v) is 29.9. The van der Waals surface area contributed by atoms with Gasteiger partial charge in [-0.3, -0.25) is 0 Å². The van der Waals surface area contributed by atoms with Crippen molar-refractivity contribution in [1.82, 2.24) is 4.57 Å². The molecule has 1 aromatic rings. The molecule has 1 heterocycles. The molecule has 1 aromatic heterocycles. The van der Waals surface area contributed by atoms with Crippen LogP contribution in [0.15, 0.2) is 12.4 Å². The molecule has 0 spiro atoms. The highest BCUT2D eigenvalue weighted by molar-refractivity contribution is 4.92. The van der Waals surface area contributed by atoms with E-state index in [9.17, 15) is 0 Å². The van der Waals surface area contributed by atoms with Crippen LogP contribution in [0.3, 0.4) is 0 Å². The summed E-state index contributed by atoms with van der Waals surface area (Å²) in [4.78, 5) is 0. The molecule has 0 bridgehead atoms. The van der Waals surface area contributed by atoms with E-state index in [-0.39, 0.29) is 0 Å². The molecule has 1 atom stereocenters. The van der Waals surface area contributed by atoms with E-state index in [0.29, 0.717) is 12.0 Å². The van der Waals surface area contributed by atoms with Gasteiger partial charge in [0.05, 0.1) is 18.5 Å². The zero-order valence-electron chi connectivity index (χ0n) is 29.9. The molecule has 2 nitrogen and oxygen atoms in total. The Hall–Kier alpha value is -0.790. The van der Waals surface area contributed by atoms with Crippen LogP contribution in [0.5, 0.6) is 0 Å². The first-order valence-electron chi connectivity index (χ1n) is 19.7. The first-order valence-corrected chi connectivity index (χ1v) is 19.7. The van der Waals surface area contributed by atoms with Crippen molar-refractivity contribution in [2.45, 2.75) is 239 Å². The van der Waals surface area contributed by atoms with Gasteiger partial charge in [-0.15, -0.1) is 0 Å². The van der Waals surface area contributed by atoms with E-state index in [1.54, 1.807) is 5.82 Å². The minimum absolute atomic E-state index is 0.588. The van der Waals surface area contributed by atoms with E-state index >= 15 is 0 Å². The van der Waals surface area contributed by atoms with Crippen molar-refractivity contribution in [3.8, 4) is 0 Å². The average Bonchev–Trinajstić information content (AvgIpc) is 3.42. The smallest absolute Gasteiger partial charge is 0.234 e. The predicted molar refractivity (Wildman–Crippen MR) is 189 cm³/mol. The van der Waals surface area contributed by atoms with E-state index in [1.165, 1.54) is 193 Å². The van der Waals surface area contributed by atoms with Crippen LogP contribution in [0.1, 0.15) is 239 Å². The highest BCUT2D eigenvalue weighted by Gasteiger charge is 2.23. The predicted octanol–water partition coefficient (Wildman–Crippen LogP) is 13.8. The van der Waals surface area contributed by atoms with Crippen molar-refractivity contribution in [3.63, 3.8) is 0 Å². The molecule has 248 valence electrons. The van der Waals surface area contributed by atoms with Crippen LogP contribution in [0.2, 0.25) is 0 Å². The minimum Gasteiger partial charge on any atom is -0.234 e. The summed E-state index contributed by atoms with van der Waals surface area (Å²) in [6, 6.07) is 0.623. The molecule has 0 aliphatic rings. The van der Waals surface area contributed by atoms with Gasteiger partial charge in [0.1, 0.15) is 12.4 Å². The third-order valence-corrected chi connectivity index (χ3v) is 9.69. The fraction of sp³-hybridized carbons (Fsp3) is 0.925. The second-order valence-corrected chi connectivity index (χ2v) is 14.2. The van der Waals surface area contributed by atoms with Gasteiger partial charge in [0.25, 0.3) is 5.82 Å². The van der Waals surface area contributed by atoms with E-state index in [4.69, 9.17) is 0 Å². The molecule has 1 rings (SSSR count). The lowest BCUT2D eigenvalue weighted by Crippen LogP contribution is -2.38. The first-order chi connectivity index (χ1) is 20.6. The number of aryl methyl sites for hydroxylation is 1. The maximum atomic E-state index is 2.61. The van der Waals surface area contributed by atoms with Crippen molar-refractivity contribution in [3.05, 3.63) is 18.2 Å². The molecule has 2 heteroatoms. The van der Waals surface area contributed by atoms with Gasteiger partial charge >= 0.3 is 0 Å². The molecular weight excluding hydrogens is 508 g/mol. The molecule has 0 fully saturated rings. The molecule has 0 radical (unpaired) electrons. The van der Waals surface area contributed by atoms with Crippen LogP contribution >= 0.6 is 0 Å². The monoisotopic (exact) mass is 588 g/mol. The van der Waals surface area contributed by atoms with Crippen LogP contribution in [0, 0.1) is 0 Å². The Labute approximate surface area is 266 Å². The van der Waals surface area contributed by atoms with Crippen LogP contribution in [0.25, 0.3) is 0 Å². The Morgan fingerprint density at radius 2 is 0.810 bits per heavy atom. The molecule has 0 amide bonds. The number of hydrogen-bond donors (Lipinski definition) is 0. The van der Waals surface area contributed by atoms with E-state index in [0.717, 1.165) is 0 Å². The van der Waals surface area contributed by atoms with Gasteiger partial charge < -0.3 is 0 Å². The number of aromatic nitrogens is 2. The van der Waals surface area contributed by atoms with Crippen molar-refractivity contribution in [1.29, 1.82) is 0 Å². The van der Waals surface area contributed by atoms with Crippen molar-refractivity contribution < 1.29 is 4.57 Å². The molecule has 0 saturated carbocycles. The standard InChI is InChI=1S/C40H79N2/c1-6-8-10-12-14-16-18-20-22-24-26-28-30-32-34-39(5)42-37-36-41(40(42)38(3)4)35-33-31-29-27-25-23-21-19-17-15-13-11-9-7-2/h36-39H,6-35H2,1-5H3/q+1. The SMILES string of the molecule is CCCCCCCCCCCCCCCCC(C)n1cc[n+](CCCCCCCCCCCCCCCC)c1C(C)C. The second kappa shape index (κ2) is 29.0. The number of nitrogens with zero attached hydrogens (tertiary/aromatic N) is 2.